The van der Waals surface area contributed by atoms with Crippen molar-refractivity contribution in [3.63, 3.8) is 0 Å². The van der Waals surface area contributed by atoms with E-state index in [1.807, 2.05) is 37.3 Å². The highest BCUT2D eigenvalue weighted by atomic mass is 16.1. The summed E-state index contributed by atoms with van der Waals surface area (Å²) >= 11 is 0. The second-order valence-corrected chi connectivity index (χ2v) is 4.78. The maximum absolute atomic E-state index is 12.2. The van der Waals surface area contributed by atoms with Gasteiger partial charge in [0.25, 0.3) is 5.56 Å². The van der Waals surface area contributed by atoms with Crippen molar-refractivity contribution in [3.05, 3.63) is 58.1 Å². The lowest BCUT2D eigenvalue weighted by Crippen LogP contribution is -2.15. The lowest BCUT2D eigenvalue weighted by atomic mass is 10.0. The van der Waals surface area contributed by atoms with E-state index in [2.05, 4.69) is 17.0 Å². The number of rotatable bonds is 3. The zero-order valence-corrected chi connectivity index (χ0v) is 11.7. The van der Waals surface area contributed by atoms with Gasteiger partial charge in [0.05, 0.1) is 0 Å². The SMILES string of the molecule is CCc1cc(=O)n2[nH]c(CC)c(-c3ccccc3)c2n1. The van der Waals surface area contributed by atoms with Gasteiger partial charge in [0.1, 0.15) is 0 Å². The molecule has 20 heavy (non-hydrogen) atoms. The fraction of sp³-hybridized carbons (Fsp3) is 0.250. The minimum absolute atomic E-state index is 0.0521. The van der Waals surface area contributed by atoms with E-state index in [0.717, 1.165) is 41.0 Å². The molecule has 1 N–H and O–H groups in total. The van der Waals surface area contributed by atoms with Gasteiger partial charge in [0.15, 0.2) is 5.65 Å². The number of aromatic nitrogens is 3. The molecule has 0 aliphatic heterocycles. The van der Waals surface area contributed by atoms with Crippen molar-refractivity contribution < 1.29 is 0 Å². The molecule has 0 amide bonds. The topological polar surface area (TPSA) is 50.2 Å². The summed E-state index contributed by atoms with van der Waals surface area (Å²) in [5.41, 5.74) is 4.65. The third kappa shape index (κ3) is 1.93. The Kier molecular flexibility index (Phi) is 3.14. The molecule has 0 spiro atoms. The van der Waals surface area contributed by atoms with E-state index in [4.69, 9.17) is 0 Å². The van der Waals surface area contributed by atoms with Gasteiger partial charge >= 0.3 is 0 Å². The first kappa shape index (κ1) is 12.7. The normalized spacial score (nSPS) is 11.1. The number of H-pyrrole nitrogens is 1. The second kappa shape index (κ2) is 4.96. The molecule has 4 nitrogen and oxygen atoms in total. The standard InChI is InChI=1S/C16H17N3O/c1-3-12-10-14(20)19-16(17-12)15(13(4-2)18-19)11-8-6-5-7-9-11/h5-10,18H,3-4H2,1-2H3. The molecular weight excluding hydrogens is 250 g/mol. The van der Waals surface area contributed by atoms with Crippen molar-refractivity contribution in [3.8, 4) is 11.1 Å². The molecule has 1 aromatic carbocycles. The van der Waals surface area contributed by atoms with Crippen molar-refractivity contribution >= 4 is 5.65 Å². The molecule has 0 aliphatic rings. The molecule has 0 atom stereocenters. The van der Waals surface area contributed by atoms with Crippen molar-refractivity contribution in [2.24, 2.45) is 0 Å². The summed E-state index contributed by atoms with van der Waals surface area (Å²) in [7, 11) is 0. The molecule has 0 aliphatic carbocycles. The largest absolute Gasteiger partial charge is 0.293 e. The van der Waals surface area contributed by atoms with Crippen LogP contribution in [0.15, 0.2) is 41.2 Å². The molecule has 3 rings (SSSR count). The highest BCUT2D eigenvalue weighted by Gasteiger charge is 2.15. The monoisotopic (exact) mass is 267 g/mol. The van der Waals surface area contributed by atoms with Gasteiger partial charge in [-0.2, -0.15) is 0 Å². The Morgan fingerprint density at radius 1 is 1.15 bits per heavy atom. The van der Waals surface area contributed by atoms with Crippen LogP contribution < -0.4 is 5.56 Å². The fourth-order valence-corrected chi connectivity index (χ4v) is 2.48. The van der Waals surface area contributed by atoms with Gasteiger partial charge in [-0.15, -0.1) is 0 Å². The van der Waals surface area contributed by atoms with Gasteiger partial charge in [-0.05, 0) is 18.4 Å². The van der Waals surface area contributed by atoms with E-state index in [9.17, 15) is 4.79 Å². The van der Waals surface area contributed by atoms with E-state index in [1.165, 1.54) is 0 Å². The first-order valence-electron chi connectivity index (χ1n) is 6.93. The smallest absolute Gasteiger partial charge is 0.272 e. The second-order valence-electron chi connectivity index (χ2n) is 4.78. The van der Waals surface area contributed by atoms with Crippen LogP contribution in [-0.2, 0) is 12.8 Å². The minimum atomic E-state index is -0.0521. The molecular formula is C16H17N3O. The predicted octanol–water partition coefficient (Wildman–Crippen LogP) is 2.81. The van der Waals surface area contributed by atoms with E-state index >= 15 is 0 Å². The van der Waals surface area contributed by atoms with Crippen LogP contribution >= 0.6 is 0 Å². The molecule has 4 heteroatoms. The molecule has 3 aromatic rings. The Hall–Kier alpha value is -2.36. The Morgan fingerprint density at radius 3 is 2.55 bits per heavy atom. The fourth-order valence-electron chi connectivity index (χ4n) is 2.48. The minimum Gasteiger partial charge on any atom is -0.293 e. The zero-order chi connectivity index (χ0) is 14.1. The van der Waals surface area contributed by atoms with Crippen LogP contribution in [0.1, 0.15) is 25.2 Å². The van der Waals surface area contributed by atoms with Crippen LogP contribution in [0.25, 0.3) is 16.8 Å². The highest BCUT2D eigenvalue weighted by Crippen LogP contribution is 2.27. The average Bonchev–Trinajstić information content (AvgIpc) is 2.87. The maximum Gasteiger partial charge on any atom is 0.272 e. The lowest BCUT2D eigenvalue weighted by Gasteiger charge is -2.02. The number of hydrogen-bond donors (Lipinski definition) is 1. The van der Waals surface area contributed by atoms with Crippen LogP contribution in [-0.4, -0.2) is 14.6 Å². The van der Waals surface area contributed by atoms with Crippen molar-refractivity contribution in [1.82, 2.24) is 14.6 Å². The Labute approximate surface area is 117 Å². The van der Waals surface area contributed by atoms with Gasteiger partial charge < -0.3 is 0 Å². The predicted molar refractivity (Wildman–Crippen MR) is 80.0 cm³/mol. The number of hydrogen-bond acceptors (Lipinski definition) is 2. The third-order valence-electron chi connectivity index (χ3n) is 3.52. The quantitative estimate of drug-likeness (QED) is 0.793. The van der Waals surface area contributed by atoms with Gasteiger partial charge in [0.2, 0.25) is 0 Å². The number of aromatic amines is 1. The van der Waals surface area contributed by atoms with E-state index < -0.39 is 0 Å². The van der Waals surface area contributed by atoms with Gasteiger partial charge in [-0.1, -0.05) is 44.2 Å². The summed E-state index contributed by atoms with van der Waals surface area (Å²) in [4.78, 5) is 16.8. The van der Waals surface area contributed by atoms with E-state index in [0.29, 0.717) is 0 Å². The van der Waals surface area contributed by atoms with Crippen LogP contribution in [0.2, 0.25) is 0 Å². The molecule has 0 unspecified atom stereocenters. The van der Waals surface area contributed by atoms with Gasteiger partial charge in [-0.3, -0.25) is 9.89 Å². The summed E-state index contributed by atoms with van der Waals surface area (Å²) in [5, 5.41) is 3.17. The summed E-state index contributed by atoms with van der Waals surface area (Å²) in [6, 6.07) is 11.7. The van der Waals surface area contributed by atoms with E-state index in [1.54, 1.807) is 10.6 Å². The molecule has 0 saturated heterocycles. The van der Waals surface area contributed by atoms with Crippen molar-refractivity contribution in [2.45, 2.75) is 26.7 Å². The number of nitrogens with one attached hydrogen (secondary N) is 1. The molecule has 2 aromatic heterocycles. The first-order valence-corrected chi connectivity index (χ1v) is 6.93. The molecule has 102 valence electrons. The number of fused-ring (bicyclic) bond motifs is 1. The molecule has 2 heterocycles. The van der Waals surface area contributed by atoms with Crippen molar-refractivity contribution in [1.29, 1.82) is 0 Å². The highest BCUT2D eigenvalue weighted by molar-refractivity contribution is 5.79. The van der Waals surface area contributed by atoms with Crippen LogP contribution in [0.5, 0.6) is 0 Å². The number of nitrogens with zero attached hydrogens (tertiary/aromatic N) is 2. The summed E-state index contributed by atoms with van der Waals surface area (Å²) < 4.78 is 1.54. The molecule has 0 radical (unpaired) electrons. The Morgan fingerprint density at radius 2 is 1.90 bits per heavy atom. The van der Waals surface area contributed by atoms with Gasteiger partial charge in [0, 0.05) is 23.0 Å². The third-order valence-corrected chi connectivity index (χ3v) is 3.52. The molecule has 0 fully saturated rings. The van der Waals surface area contributed by atoms with Gasteiger partial charge in [-0.25, -0.2) is 9.50 Å². The summed E-state index contributed by atoms with van der Waals surface area (Å²) in [6.45, 7) is 4.08. The average molecular weight is 267 g/mol. The zero-order valence-electron chi connectivity index (χ0n) is 11.7. The van der Waals surface area contributed by atoms with Crippen LogP contribution in [0.4, 0.5) is 0 Å². The summed E-state index contributed by atoms with van der Waals surface area (Å²) in [6.07, 6.45) is 1.58. The maximum atomic E-state index is 12.2. The lowest BCUT2D eigenvalue weighted by molar-refractivity contribution is 0.844. The first-order chi connectivity index (χ1) is 9.74. The molecule has 0 bridgehead atoms. The van der Waals surface area contributed by atoms with Crippen LogP contribution in [0, 0.1) is 0 Å². The Balaban J connectivity index is 2.40. The number of aryl methyl sites for hydroxylation is 2. The summed E-state index contributed by atoms with van der Waals surface area (Å²) in [5.74, 6) is 0. The Bertz CT molecular complexity index is 800. The van der Waals surface area contributed by atoms with Crippen LogP contribution in [0.3, 0.4) is 0 Å². The molecule has 0 saturated carbocycles. The van der Waals surface area contributed by atoms with Crippen molar-refractivity contribution in [2.75, 3.05) is 0 Å². The van der Waals surface area contributed by atoms with E-state index in [-0.39, 0.29) is 5.56 Å². The number of benzene rings is 1.